The molecule has 0 amide bonds. The second-order valence-electron chi connectivity index (χ2n) is 6.13. The molecule has 0 radical (unpaired) electrons. The molecule has 1 aliphatic rings. The topological polar surface area (TPSA) is 131 Å². The van der Waals surface area contributed by atoms with Crippen molar-refractivity contribution in [2.24, 2.45) is 5.92 Å². The van der Waals surface area contributed by atoms with Crippen LogP contribution in [0.25, 0.3) is 0 Å². The van der Waals surface area contributed by atoms with E-state index in [0.29, 0.717) is 12.8 Å². The van der Waals surface area contributed by atoms with Gasteiger partial charge in [-0.2, -0.15) is 4.98 Å². The highest BCUT2D eigenvalue weighted by molar-refractivity contribution is 5.37. The van der Waals surface area contributed by atoms with Gasteiger partial charge in [0.1, 0.15) is 18.1 Å². The molecular weight excluding hydrogens is 302 g/mol. The van der Waals surface area contributed by atoms with Crippen molar-refractivity contribution >= 4 is 5.82 Å². The van der Waals surface area contributed by atoms with Gasteiger partial charge < -0.3 is 25.8 Å². The lowest BCUT2D eigenvalue weighted by Crippen LogP contribution is -2.29. The highest BCUT2D eigenvalue weighted by Gasteiger charge is 2.35. The minimum Gasteiger partial charge on any atom is -0.396 e. The first kappa shape index (κ1) is 17.9. The van der Waals surface area contributed by atoms with Crippen molar-refractivity contribution in [3.05, 3.63) is 22.2 Å². The van der Waals surface area contributed by atoms with Gasteiger partial charge in [-0.05, 0) is 25.2 Å². The number of aliphatic hydroxyl groups is 3. The summed E-state index contributed by atoms with van der Waals surface area (Å²) in [5.41, 5.74) is 6.04. The Hall–Kier alpha value is -1.48. The summed E-state index contributed by atoms with van der Waals surface area (Å²) in [5.74, 6) is 0.483. The van der Waals surface area contributed by atoms with Crippen LogP contribution in [0.2, 0.25) is 0 Å². The Morgan fingerprint density at radius 1 is 1.52 bits per heavy atom. The number of anilines is 1. The Morgan fingerprint density at radius 3 is 2.87 bits per heavy atom. The summed E-state index contributed by atoms with van der Waals surface area (Å²) >= 11 is 0. The van der Waals surface area contributed by atoms with E-state index in [1.165, 1.54) is 4.57 Å². The van der Waals surface area contributed by atoms with Crippen LogP contribution >= 0.6 is 0 Å². The van der Waals surface area contributed by atoms with Crippen molar-refractivity contribution < 1.29 is 20.1 Å². The molecule has 5 N–H and O–H groups in total. The first-order valence-corrected chi connectivity index (χ1v) is 7.89. The van der Waals surface area contributed by atoms with Crippen molar-refractivity contribution in [3.8, 4) is 0 Å². The first-order chi connectivity index (χ1) is 11.0. The average Bonchev–Trinajstić information content (AvgIpc) is 2.88. The van der Waals surface area contributed by atoms with E-state index in [9.17, 15) is 9.90 Å². The maximum absolute atomic E-state index is 12.1. The van der Waals surface area contributed by atoms with Gasteiger partial charge in [-0.1, -0.05) is 6.92 Å². The van der Waals surface area contributed by atoms with Crippen LogP contribution in [0.3, 0.4) is 0 Å². The van der Waals surface area contributed by atoms with Gasteiger partial charge in [-0.15, -0.1) is 0 Å². The summed E-state index contributed by atoms with van der Waals surface area (Å²) in [7, 11) is 0. The number of hydrogen-bond acceptors (Lipinski definition) is 7. The minimum absolute atomic E-state index is 0.147. The average molecular weight is 327 g/mol. The number of nitrogens with zero attached hydrogens (tertiary/aromatic N) is 2. The first-order valence-electron chi connectivity index (χ1n) is 7.89. The molecule has 2 heterocycles. The number of hydrogen-bond donors (Lipinski definition) is 4. The zero-order chi connectivity index (χ0) is 17.0. The fraction of sp³-hybridized carbons (Fsp3) is 0.733. The summed E-state index contributed by atoms with van der Waals surface area (Å²) in [6, 6.07) is 0. The number of rotatable bonds is 7. The van der Waals surface area contributed by atoms with Gasteiger partial charge in [0.15, 0.2) is 0 Å². The molecule has 4 atom stereocenters. The molecular formula is C15H25N3O5. The van der Waals surface area contributed by atoms with Gasteiger partial charge in [0, 0.05) is 24.8 Å². The second-order valence-corrected chi connectivity index (χ2v) is 6.13. The van der Waals surface area contributed by atoms with Crippen LogP contribution in [0, 0.1) is 5.92 Å². The molecule has 23 heavy (non-hydrogen) atoms. The minimum atomic E-state index is -0.818. The predicted molar refractivity (Wildman–Crippen MR) is 83.7 cm³/mol. The number of aromatic nitrogens is 2. The molecule has 2 rings (SSSR count). The fourth-order valence-electron chi connectivity index (χ4n) is 2.85. The summed E-state index contributed by atoms with van der Waals surface area (Å²) < 4.78 is 6.83. The lowest BCUT2D eigenvalue weighted by molar-refractivity contribution is -0.0459. The number of aliphatic hydroxyl groups excluding tert-OH is 3. The molecule has 1 aliphatic heterocycles. The number of ether oxygens (including phenoxy) is 1. The maximum atomic E-state index is 12.1. The van der Waals surface area contributed by atoms with E-state index in [1.54, 1.807) is 6.20 Å². The largest absolute Gasteiger partial charge is 0.396 e. The molecule has 1 unspecified atom stereocenters. The van der Waals surface area contributed by atoms with Crippen LogP contribution < -0.4 is 11.4 Å². The SMILES string of the molecule is CC(CCCO)Cc1cn([C@H]2C[C@H](O)[C@@H](CO)O2)c(=O)nc1N. The molecule has 1 aromatic rings. The third-order valence-corrected chi connectivity index (χ3v) is 4.18. The normalized spacial score (nSPS) is 25.7. The zero-order valence-electron chi connectivity index (χ0n) is 13.3. The molecule has 130 valence electrons. The fourth-order valence-corrected chi connectivity index (χ4v) is 2.85. The van der Waals surface area contributed by atoms with Crippen LogP contribution in [0.1, 0.15) is 38.0 Å². The van der Waals surface area contributed by atoms with E-state index in [2.05, 4.69) is 4.98 Å². The monoisotopic (exact) mass is 327 g/mol. The molecule has 8 nitrogen and oxygen atoms in total. The molecule has 1 saturated heterocycles. The predicted octanol–water partition coefficient (Wildman–Crippen LogP) is -0.583. The van der Waals surface area contributed by atoms with E-state index in [-0.39, 0.29) is 31.4 Å². The van der Waals surface area contributed by atoms with Crippen LogP contribution in [0.5, 0.6) is 0 Å². The van der Waals surface area contributed by atoms with E-state index in [4.69, 9.17) is 20.7 Å². The van der Waals surface area contributed by atoms with Gasteiger partial charge in [-0.25, -0.2) is 4.79 Å². The Kier molecular flexibility index (Phi) is 6.11. The van der Waals surface area contributed by atoms with Crippen LogP contribution in [-0.4, -0.2) is 50.3 Å². The molecule has 0 aromatic carbocycles. The van der Waals surface area contributed by atoms with Crippen LogP contribution in [-0.2, 0) is 11.2 Å². The van der Waals surface area contributed by atoms with Gasteiger partial charge in [0.2, 0.25) is 0 Å². The summed E-state index contributed by atoms with van der Waals surface area (Å²) in [4.78, 5) is 15.9. The van der Waals surface area contributed by atoms with Crippen molar-refractivity contribution in [2.45, 2.75) is 51.0 Å². The number of nitrogens with two attached hydrogens (primary N) is 1. The van der Waals surface area contributed by atoms with Gasteiger partial charge in [0.05, 0.1) is 12.7 Å². The molecule has 0 bridgehead atoms. The van der Waals surface area contributed by atoms with Crippen LogP contribution in [0.4, 0.5) is 5.82 Å². The van der Waals surface area contributed by atoms with Gasteiger partial charge in [0.25, 0.3) is 0 Å². The van der Waals surface area contributed by atoms with E-state index < -0.39 is 24.1 Å². The highest BCUT2D eigenvalue weighted by Crippen LogP contribution is 2.28. The Bertz CT molecular complexity index is 577. The smallest absolute Gasteiger partial charge is 0.351 e. The van der Waals surface area contributed by atoms with Crippen molar-refractivity contribution in [3.63, 3.8) is 0 Å². The van der Waals surface area contributed by atoms with Crippen molar-refractivity contribution in [2.75, 3.05) is 18.9 Å². The summed E-state index contributed by atoms with van der Waals surface area (Å²) in [6.45, 7) is 1.88. The lowest BCUT2D eigenvalue weighted by atomic mass is 9.98. The summed E-state index contributed by atoms with van der Waals surface area (Å²) in [6.07, 6.45) is 1.86. The molecule has 0 saturated carbocycles. The van der Waals surface area contributed by atoms with E-state index in [0.717, 1.165) is 12.0 Å². The van der Waals surface area contributed by atoms with E-state index in [1.807, 2.05) is 6.92 Å². The van der Waals surface area contributed by atoms with Crippen molar-refractivity contribution in [1.29, 1.82) is 0 Å². The molecule has 1 aromatic heterocycles. The Morgan fingerprint density at radius 2 is 2.26 bits per heavy atom. The number of nitrogen functional groups attached to an aromatic ring is 1. The van der Waals surface area contributed by atoms with Gasteiger partial charge in [-0.3, -0.25) is 4.57 Å². The third-order valence-electron chi connectivity index (χ3n) is 4.18. The quantitative estimate of drug-likeness (QED) is 0.527. The third kappa shape index (κ3) is 4.29. The second kappa shape index (κ2) is 7.87. The molecule has 8 heteroatoms. The van der Waals surface area contributed by atoms with Crippen LogP contribution in [0.15, 0.2) is 11.0 Å². The Balaban J connectivity index is 2.18. The Labute approximate surface area is 134 Å². The van der Waals surface area contributed by atoms with Gasteiger partial charge >= 0.3 is 5.69 Å². The highest BCUT2D eigenvalue weighted by atomic mass is 16.5. The molecule has 1 fully saturated rings. The maximum Gasteiger partial charge on any atom is 0.351 e. The summed E-state index contributed by atoms with van der Waals surface area (Å²) in [5, 5.41) is 27.8. The lowest BCUT2D eigenvalue weighted by Gasteiger charge is -2.17. The molecule has 0 aliphatic carbocycles. The standard InChI is InChI=1S/C15H25N3O5/c1-9(3-2-4-19)5-10-7-18(15(22)17-14(10)16)13-6-11(21)12(8-20)23-13/h7,9,11-13,19-21H,2-6,8H2,1H3,(H2,16,17,22)/t9?,11-,12+,13+/m0/s1. The van der Waals surface area contributed by atoms with E-state index >= 15 is 0 Å². The molecule has 0 spiro atoms. The zero-order valence-corrected chi connectivity index (χ0v) is 13.3. The van der Waals surface area contributed by atoms with Crippen molar-refractivity contribution in [1.82, 2.24) is 9.55 Å².